The summed E-state index contributed by atoms with van der Waals surface area (Å²) in [6, 6.07) is 12.8. The van der Waals surface area contributed by atoms with Crippen LogP contribution in [0.3, 0.4) is 0 Å². The third kappa shape index (κ3) is 3.38. The Morgan fingerprint density at radius 2 is 1.92 bits per heavy atom. The summed E-state index contributed by atoms with van der Waals surface area (Å²) < 4.78 is 33.6. The highest BCUT2D eigenvalue weighted by Crippen LogP contribution is 2.35. The van der Waals surface area contributed by atoms with Crippen molar-refractivity contribution in [2.75, 3.05) is 17.5 Å². The van der Waals surface area contributed by atoms with Crippen LogP contribution in [0.25, 0.3) is 0 Å². The fourth-order valence-corrected chi connectivity index (χ4v) is 4.82. The number of fused-ring (bicyclic) bond motifs is 1. The van der Waals surface area contributed by atoms with Gasteiger partial charge in [0.05, 0.1) is 17.1 Å². The van der Waals surface area contributed by atoms with E-state index in [1.165, 1.54) is 9.87 Å². The Labute approximate surface area is 150 Å². The van der Waals surface area contributed by atoms with Crippen LogP contribution in [0.4, 0.5) is 5.69 Å². The molecule has 0 atom stereocenters. The van der Waals surface area contributed by atoms with E-state index < -0.39 is 10.0 Å². The average molecular weight is 359 g/mol. The van der Waals surface area contributed by atoms with Gasteiger partial charge in [0.25, 0.3) is 10.0 Å². The molecule has 2 aromatic carbocycles. The quantitative estimate of drug-likeness (QED) is 0.797. The van der Waals surface area contributed by atoms with Gasteiger partial charge in [0.2, 0.25) is 0 Å². The summed E-state index contributed by atoms with van der Waals surface area (Å²) in [5.41, 5.74) is 2.96. The molecule has 3 rings (SSSR count). The first-order valence-electron chi connectivity index (χ1n) is 8.82. The van der Waals surface area contributed by atoms with Crippen LogP contribution in [0, 0.1) is 0 Å². The van der Waals surface area contributed by atoms with Gasteiger partial charge in [0.15, 0.2) is 0 Å². The molecule has 134 valence electrons. The number of hydrogen-bond acceptors (Lipinski definition) is 3. The Balaban J connectivity index is 2.05. The van der Waals surface area contributed by atoms with Gasteiger partial charge in [-0.05, 0) is 47.7 Å². The molecule has 0 bridgehead atoms. The summed E-state index contributed by atoms with van der Waals surface area (Å²) in [6.07, 6.45) is 1.88. The number of hydrogen-bond donors (Lipinski definition) is 0. The first kappa shape index (κ1) is 17.8. The molecule has 4 nitrogen and oxygen atoms in total. The summed E-state index contributed by atoms with van der Waals surface area (Å²) in [5, 5.41) is 0. The van der Waals surface area contributed by atoms with Crippen molar-refractivity contribution in [3.63, 3.8) is 0 Å². The second kappa shape index (κ2) is 7.08. The van der Waals surface area contributed by atoms with Crippen molar-refractivity contribution >= 4 is 15.7 Å². The van der Waals surface area contributed by atoms with E-state index in [0.717, 1.165) is 18.4 Å². The molecule has 0 fully saturated rings. The van der Waals surface area contributed by atoms with Crippen molar-refractivity contribution in [1.82, 2.24) is 0 Å². The highest BCUT2D eigenvalue weighted by molar-refractivity contribution is 7.92. The number of anilines is 1. The van der Waals surface area contributed by atoms with Gasteiger partial charge in [-0.1, -0.05) is 45.4 Å². The van der Waals surface area contributed by atoms with Gasteiger partial charge < -0.3 is 4.74 Å². The van der Waals surface area contributed by atoms with E-state index in [4.69, 9.17) is 4.74 Å². The first-order valence-corrected chi connectivity index (χ1v) is 10.3. The van der Waals surface area contributed by atoms with Gasteiger partial charge in [0, 0.05) is 0 Å². The molecule has 2 aromatic rings. The molecule has 0 spiro atoms. The summed E-state index contributed by atoms with van der Waals surface area (Å²) in [7, 11) is -3.61. The van der Waals surface area contributed by atoms with E-state index in [0.29, 0.717) is 35.4 Å². The van der Waals surface area contributed by atoms with Crippen molar-refractivity contribution in [3.05, 3.63) is 53.6 Å². The molecular formula is C20H25NO3S. The molecule has 0 N–H and O–H groups in total. The zero-order valence-corrected chi connectivity index (χ0v) is 15.8. The van der Waals surface area contributed by atoms with E-state index in [2.05, 4.69) is 20.8 Å². The van der Waals surface area contributed by atoms with Crippen molar-refractivity contribution in [2.45, 2.75) is 44.4 Å². The molecule has 1 heterocycles. The number of sulfonamides is 1. The minimum Gasteiger partial charge on any atom is -0.489 e. The Hall–Kier alpha value is -2.01. The van der Waals surface area contributed by atoms with Gasteiger partial charge in [0.1, 0.15) is 12.4 Å². The lowest BCUT2D eigenvalue weighted by atomic mass is 9.95. The van der Waals surface area contributed by atoms with Crippen molar-refractivity contribution in [1.29, 1.82) is 0 Å². The lowest BCUT2D eigenvalue weighted by Gasteiger charge is -2.30. The van der Waals surface area contributed by atoms with Crippen LogP contribution in [0.15, 0.2) is 47.4 Å². The molecule has 0 radical (unpaired) electrons. The second-order valence-corrected chi connectivity index (χ2v) is 8.52. The normalized spacial score (nSPS) is 14.3. The molecule has 25 heavy (non-hydrogen) atoms. The van der Waals surface area contributed by atoms with Crippen molar-refractivity contribution in [2.24, 2.45) is 0 Å². The number of para-hydroxylation sites is 2. The third-order valence-electron chi connectivity index (χ3n) is 4.53. The third-order valence-corrected chi connectivity index (χ3v) is 6.34. The van der Waals surface area contributed by atoms with Crippen molar-refractivity contribution in [3.8, 4) is 5.75 Å². The molecule has 0 saturated carbocycles. The molecule has 0 aliphatic carbocycles. The van der Waals surface area contributed by atoms with E-state index in [1.807, 2.05) is 24.3 Å². The topological polar surface area (TPSA) is 46.6 Å². The van der Waals surface area contributed by atoms with Crippen LogP contribution >= 0.6 is 0 Å². The zero-order valence-electron chi connectivity index (χ0n) is 15.0. The Morgan fingerprint density at radius 1 is 1.16 bits per heavy atom. The minimum absolute atomic E-state index is 0.328. The molecule has 1 aliphatic heterocycles. The highest BCUT2D eigenvalue weighted by atomic mass is 32.2. The van der Waals surface area contributed by atoms with Crippen LogP contribution in [0.1, 0.15) is 44.2 Å². The maximum absolute atomic E-state index is 13.3. The molecular weight excluding hydrogens is 334 g/mol. The van der Waals surface area contributed by atoms with Crippen LogP contribution in [-0.2, 0) is 16.4 Å². The SMILES string of the molecule is CCCc1cc(S(=O)(=O)N2CCOc3ccccc32)ccc1C(C)C. The minimum atomic E-state index is -3.61. The van der Waals surface area contributed by atoms with E-state index in [-0.39, 0.29) is 0 Å². The second-order valence-electron chi connectivity index (χ2n) is 6.66. The summed E-state index contributed by atoms with van der Waals surface area (Å²) >= 11 is 0. The first-order chi connectivity index (χ1) is 11.9. The number of rotatable bonds is 5. The Bertz CT molecular complexity index is 859. The number of ether oxygens (including phenoxy) is 1. The van der Waals surface area contributed by atoms with Gasteiger partial charge in [-0.2, -0.15) is 0 Å². The van der Waals surface area contributed by atoms with Gasteiger partial charge >= 0.3 is 0 Å². The summed E-state index contributed by atoms with van der Waals surface area (Å²) in [4.78, 5) is 0.358. The van der Waals surface area contributed by atoms with Gasteiger partial charge in [-0.15, -0.1) is 0 Å². The van der Waals surface area contributed by atoms with Crippen LogP contribution < -0.4 is 9.04 Å². The number of nitrogens with zero attached hydrogens (tertiary/aromatic N) is 1. The highest BCUT2D eigenvalue weighted by Gasteiger charge is 2.30. The standard InChI is InChI=1S/C20H25NO3S/c1-4-7-16-14-17(10-11-18(16)15(2)3)25(22,23)21-12-13-24-20-9-6-5-8-19(20)21/h5-6,8-11,14-15H,4,7,12-13H2,1-3H3. The lowest BCUT2D eigenvalue weighted by molar-refractivity contribution is 0.316. The van der Waals surface area contributed by atoms with E-state index in [1.54, 1.807) is 18.2 Å². The molecule has 1 aliphatic rings. The maximum Gasteiger partial charge on any atom is 0.264 e. The summed E-state index contributed by atoms with van der Waals surface area (Å²) in [5.74, 6) is 0.993. The Morgan fingerprint density at radius 3 is 2.64 bits per heavy atom. The molecule has 0 unspecified atom stereocenters. The number of benzene rings is 2. The molecule has 0 aromatic heterocycles. The largest absolute Gasteiger partial charge is 0.489 e. The molecule has 5 heteroatoms. The van der Waals surface area contributed by atoms with E-state index in [9.17, 15) is 8.42 Å². The maximum atomic E-state index is 13.3. The predicted octanol–water partition coefficient (Wildman–Crippen LogP) is 4.35. The zero-order chi connectivity index (χ0) is 18.0. The lowest BCUT2D eigenvalue weighted by Crippen LogP contribution is -2.37. The smallest absolute Gasteiger partial charge is 0.264 e. The monoisotopic (exact) mass is 359 g/mol. The summed E-state index contributed by atoms with van der Waals surface area (Å²) in [6.45, 7) is 7.09. The number of aryl methyl sites for hydroxylation is 1. The van der Waals surface area contributed by atoms with Gasteiger partial charge in [-0.25, -0.2) is 8.42 Å². The van der Waals surface area contributed by atoms with E-state index >= 15 is 0 Å². The van der Waals surface area contributed by atoms with Crippen LogP contribution in [-0.4, -0.2) is 21.6 Å². The Kier molecular flexibility index (Phi) is 5.04. The van der Waals surface area contributed by atoms with Gasteiger partial charge in [-0.3, -0.25) is 4.31 Å². The van der Waals surface area contributed by atoms with Crippen LogP contribution in [0.5, 0.6) is 5.75 Å². The average Bonchev–Trinajstić information content (AvgIpc) is 2.61. The van der Waals surface area contributed by atoms with Crippen LogP contribution in [0.2, 0.25) is 0 Å². The molecule has 0 saturated heterocycles. The molecule has 0 amide bonds. The fraction of sp³-hybridized carbons (Fsp3) is 0.400. The predicted molar refractivity (Wildman–Crippen MR) is 101 cm³/mol. The van der Waals surface area contributed by atoms with Crippen molar-refractivity contribution < 1.29 is 13.2 Å². The fourth-order valence-electron chi connectivity index (χ4n) is 3.31.